The summed E-state index contributed by atoms with van der Waals surface area (Å²) in [6.45, 7) is 1.99. The third-order valence-electron chi connectivity index (χ3n) is 4.13. The molecule has 0 aliphatic carbocycles. The molecule has 2 aromatic rings. The van der Waals surface area contributed by atoms with Gasteiger partial charge < -0.3 is 15.4 Å². The SMILES string of the molecule is NCC1CCN(C(=O)c2ccc(Oc3ccc(F)c(F)c3)cc2)C1. The molecule has 0 spiro atoms. The summed E-state index contributed by atoms with van der Waals surface area (Å²) in [4.78, 5) is 14.2. The predicted molar refractivity (Wildman–Crippen MR) is 85.9 cm³/mol. The van der Waals surface area contributed by atoms with Crippen molar-refractivity contribution in [1.29, 1.82) is 0 Å². The first kappa shape index (κ1) is 16.4. The van der Waals surface area contributed by atoms with E-state index in [-0.39, 0.29) is 11.7 Å². The smallest absolute Gasteiger partial charge is 0.253 e. The summed E-state index contributed by atoms with van der Waals surface area (Å²) in [7, 11) is 0. The Hall–Kier alpha value is -2.47. The molecule has 2 aromatic carbocycles. The number of likely N-dealkylation sites (tertiary alicyclic amines) is 1. The fourth-order valence-corrected chi connectivity index (χ4v) is 2.73. The van der Waals surface area contributed by atoms with Crippen molar-refractivity contribution in [2.24, 2.45) is 11.7 Å². The fourth-order valence-electron chi connectivity index (χ4n) is 2.73. The van der Waals surface area contributed by atoms with Gasteiger partial charge in [-0.25, -0.2) is 8.78 Å². The molecule has 0 bridgehead atoms. The van der Waals surface area contributed by atoms with Gasteiger partial charge in [0.1, 0.15) is 11.5 Å². The molecule has 2 N–H and O–H groups in total. The second-order valence-corrected chi connectivity index (χ2v) is 5.84. The maximum Gasteiger partial charge on any atom is 0.253 e. The van der Waals surface area contributed by atoms with Crippen LogP contribution < -0.4 is 10.5 Å². The largest absolute Gasteiger partial charge is 0.457 e. The maximum absolute atomic E-state index is 13.2. The minimum Gasteiger partial charge on any atom is -0.457 e. The lowest BCUT2D eigenvalue weighted by Gasteiger charge is -2.16. The third kappa shape index (κ3) is 3.54. The van der Waals surface area contributed by atoms with Crippen LogP contribution in [0.4, 0.5) is 8.78 Å². The molecule has 24 heavy (non-hydrogen) atoms. The molecule has 0 saturated carbocycles. The number of amides is 1. The summed E-state index contributed by atoms with van der Waals surface area (Å²) in [5, 5.41) is 0. The standard InChI is InChI=1S/C18H18F2N2O2/c19-16-6-5-15(9-17(16)20)24-14-3-1-13(2-4-14)18(23)22-8-7-12(10-21)11-22/h1-6,9,12H,7-8,10-11,21H2. The van der Waals surface area contributed by atoms with Crippen molar-refractivity contribution < 1.29 is 18.3 Å². The Morgan fingerprint density at radius 2 is 1.83 bits per heavy atom. The normalized spacial score (nSPS) is 17.1. The van der Waals surface area contributed by atoms with E-state index in [1.807, 2.05) is 0 Å². The summed E-state index contributed by atoms with van der Waals surface area (Å²) < 4.78 is 31.5. The fraction of sp³-hybridized carbons (Fsp3) is 0.278. The van der Waals surface area contributed by atoms with Crippen molar-refractivity contribution in [3.05, 3.63) is 59.7 Å². The number of nitrogens with zero attached hydrogens (tertiary/aromatic N) is 1. The number of carbonyl (C=O) groups excluding carboxylic acids is 1. The van der Waals surface area contributed by atoms with Crippen LogP contribution in [0.2, 0.25) is 0 Å². The van der Waals surface area contributed by atoms with Crippen molar-refractivity contribution in [3.8, 4) is 11.5 Å². The van der Waals surface area contributed by atoms with Crippen LogP contribution >= 0.6 is 0 Å². The van der Waals surface area contributed by atoms with E-state index in [1.54, 1.807) is 29.2 Å². The van der Waals surface area contributed by atoms with Crippen LogP contribution in [-0.2, 0) is 0 Å². The van der Waals surface area contributed by atoms with E-state index in [0.717, 1.165) is 18.6 Å². The Morgan fingerprint density at radius 1 is 1.12 bits per heavy atom. The molecule has 1 unspecified atom stereocenters. The van der Waals surface area contributed by atoms with Gasteiger partial charge in [-0.1, -0.05) is 0 Å². The van der Waals surface area contributed by atoms with Crippen molar-refractivity contribution in [3.63, 3.8) is 0 Å². The molecular weight excluding hydrogens is 314 g/mol. The minimum atomic E-state index is -0.970. The Balaban J connectivity index is 1.66. The maximum atomic E-state index is 13.2. The number of nitrogens with two attached hydrogens (primary N) is 1. The molecule has 1 atom stereocenters. The van der Waals surface area contributed by atoms with E-state index < -0.39 is 11.6 Å². The second-order valence-electron chi connectivity index (χ2n) is 5.84. The highest BCUT2D eigenvalue weighted by Gasteiger charge is 2.25. The highest BCUT2D eigenvalue weighted by Crippen LogP contribution is 2.24. The van der Waals surface area contributed by atoms with Crippen LogP contribution in [0.25, 0.3) is 0 Å². The zero-order valence-corrected chi connectivity index (χ0v) is 13.0. The number of carbonyl (C=O) groups is 1. The van der Waals surface area contributed by atoms with Crippen LogP contribution in [0.5, 0.6) is 11.5 Å². The van der Waals surface area contributed by atoms with E-state index in [0.29, 0.717) is 36.9 Å². The topological polar surface area (TPSA) is 55.6 Å². The van der Waals surface area contributed by atoms with Crippen LogP contribution in [-0.4, -0.2) is 30.4 Å². The van der Waals surface area contributed by atoms with Crippen molar-refractivity contribution in [1.82, 2.24) is 4.90 Å². The van der Waals surface area contributed by atoms with Gasteiger partial charge >= 0.3 is 0 Å². The predicted octanol–water partition coefficient (Wildman–Crippen LogP) is 3.18. The highest BCUT2D eigenvalue weighted by molar-refractivity contribution is 5.94. The lowest BCUT2D eigenvalue weighted by Crippen LogP contribution is -2.29. The first-order chi connectivity index (χ1) is 11.6. The molecule has 126 valence electrons. The summed E-state index contributed by atoms with van der Waals surface area (Å²) in [5.74, 6) is -0.931. The molecule has 0 radical (unpaired) electrons. The molecule has 3 rings (SSSR count). The van der Waals surface area contributed by atoms with Crippen molar-refractivity contribution in [2.45, 2.75) is 6.42 Å². The van der Waals surface area contributed by atoms with Gasteiger partial charge in [-0.3, -0.25) is 4.79 Å². The molecule has 1 aliphatic heterocycles. The van der Waals surface area contributed by atoms with Gasteiger partial charge in [0.15, 0.2) is 11.6 Å². The number of ether oxygens (including phenoxy) is 1. The molecule has 6 heteroatoms. The Kier molecular flexibility index (Phi) is 4.76. The monoisotopic (exact) mass is 332 g/mol. The van der Waals surface area contributed by atoms with Crippen LogP contribution in [0.3, 0.4) is 0 Å². The van der Waals surface area contributed by atoms with Crippen LogP contribution in [0.15, 0.2) is 42.5 Å². The molecule has 1 heterocycles. The summed E-state index contributed by atoms with van der Waals surface area (Å²) in [6.07, 6.45) is 0.930. The van der Waals surface area contributed by atoms with Gasteiger partial charge in [0.2, 0.25) is 0 Å². The molecule has 0 aromatic heterocycles. The zero-order valence-electron chi connectivity index (χ0n) is 13.0. The molecular formula is C18H18F2N2O2. The number of halogens is 2. The second kappa shape index (κ2) is 6.97. The number of benzene rings is 2. The summed E-state index contributed by atoms with van der Waals surface area (Å²) >= 11 is 0. The van der Waals surface area contributed by atoms with Crippen molar-refractivity contribution >= 4 is 5.91 Å². The highest BCUT2D eigenvalue weighted by atomic mass is 19.2. The van der Waals surface area contributed by atoms with E-state index >= 15 is 0 Å². The Labute approximate surface area is 138 Å². The van der Waals surface area contributed by atoms with Gasteiger partial charge in [0.25, 0.3) is 5.91 Å². The van der Waals surface area contributed by atoms with E-state index in [1.165, 1.54) is 6.07 Å². The average Bonchev–Trinajstić information content (AvgIpc) is 3.07. The quantitative estimate of drug-likeness (QED) is 0.935. The summed E-state index contributed by atoms with van der Waals surface area (Å²) in [6, 6.07) is 9.90. The lowest BCUT2D eigenvalue weighted by atomic mass is 10.1. The molecule has 1 aliphatic rings. The summed E-state index contributed by atoms with van der Waals surface area (Å²) in [5.41, 5.74) is 6.20. The van der Waals surface area contributed by atoms with Gasteiger partial charge in [-0.05, 0) is 55.3 Å². The minimum absolute atomic E-state index is 0.0367. The van der Waals surface area contributed by atoms with Crippen molar-refractivity contribution in [2.75, 3.05) is 19.6 Å². The lowest BCUT2D eigenvalue weighted by molar-refractivity contribution is 0.0787. The third-order valence-corrected chi connectivity index (χ3v) is 4.13. The van der Waals surface area contributed by atoms with E-state index in [9.17, 15) is 13.6 Å². The Morgan fingerprint density at radius 3 is 2.46 bits per heavy atom. The van der Waals surface area contributed by atoms with Crippen LogP contribution in [0, 0.1) is 17.6 Å². The molecule has 1 fully saturated rings. The van der Waals surface area contributed by atoms with E-state index in [2.05, 4.69) is 0 Å². The van der Waals surface area contributed by atoms with Gasteiger partial charge in [0, 0.05) is 24.7 Å². The zero-order chi connectivity index (χ0) is 17.1. The first-order valence-corrected chi connectivity index (χ1v) is 7.79. The molecule has 4 nitrogen and oxygen atoms in total. The first-order valence-electron chi connectivity index (χ1n) is 7.79. The molecule has 1 amide bonds. The van der Waals surface area contributed by atoms with Gasteiger partial charge in [-0.2, -0.15) is 0 Å². The van der Waals surface area contributed by atoms with Gasteiger partial charge in [0.05, 0.1) is 0 Å². The Bertz CT molecular complexity index is 734. The number of hydrogen-bond acceptors (Lipinski definition) is 3. The van der Waals surface area contributed by atoms with E-state index in [4.69, 9.17) is 10.5 Å². The van der Waals surface area contributed by atoms with Crippen LogP contribution in [0.1, 0.15) is 16.8 Å². The van der Waals surface area contributed by atoms with Gasteiger partial charge in [-0.15, -0.1) is 0 Å². The number of hydrogen-bond donors (Lipinski definition) is 1. The molecule has 1 saturated heterocycles. The average molecular weight is 332 g/mol. The number of rotatable bonds is 4.